The normalized spacial score (nSPS) is 12.4. The molecule has 2 aromatic rings. The highest BCUT2D eigenvalue weighted by Gasteiger charge is 2.14. The summed E-state index contributed by atoms with van der Waals surface area (Å²) >= 11 is 5.64. The minimum Gasteiger partial charge on any atom is -0.298 e. The summed E-state index contributed by atoms with van der Waals surface area (Å²) in [7, 11) is 0. The molecule has 0 bridgehead atoms. The standard InChI is InChI=1S/C13H13ClN2O2/c1-8-5-3-4-6-10(8)9(2)16-12(17)7-11(14)15-13(16)18/h3-7,9H,1-2H3,(H,15,18). The maximum Gasteiger partial charge on any atom is 0.330 e. The average Bonchev–Trinajstić information content (AvgIpc) is 2.27. The molecule has 0 fully saturated rings. The van der Waals surface area contributed by atoms with E-state index in [1.807, 2.05) is 38.1 Å². The number of H-pyrrole nitrogens is 1. The molecule has 0 spiro atoms. The largest absolute Gasteiger partial charge is 0.330 e. The predicted octanol–water partition coefficient (Wildman–Crippen LogP) is 2.11. The maximum absolute atomic E-state index is 11.8. The van der Waals surface area contributed by atoms with Crippen LogP contribution in [0.15, 0.2) is 39.9 Å². The lowest BCUT2D eigenvalue weighted by Crippen LogP contribution is -2.37. The molecule has 2 rings (SSSR count). The Bertz CT molecular complexity index is 657. The van der Waals surface area contributed by atoms with E-state index >= 15 is 0 Å². The van der Waals surface area contributed by atoms with Gasteiger partial charge in [0.1, 0.15) is 5.15 Å². The van der Waals surface area contributed by atoms with Crippen molar-refractivity contribution in [2.24, 2.45) is 0 Å². The van der Waals surface area contributed by atoms with E-state index in [0.29, 0.717) is 0 Å². The van der Waals surface area contributed by atoms with Crippen LogP contribution in [0.5, 0.6) is 0 Å². The molecule has 1 aromatic heterocycles. The molecule has 94 valence electrons. The molecule has 1 atom stereocenters. The lowest BCUT2D eigenvalue weighted by Gasteiger charge is -2.16. The van der Waals surface area contributed by atoms with Crippen molar-refractivity contribution < 1.29 is 0 Å². The second-order valence-corrected chi connectivity index (χ2v) is 4.57. The van der Waals surface area contributed by atoms with E-state index in [-0.39, 0.29) is 11.2 Å². The summed E-state index contributed by atoms with van der Waals surface area (Å²) in [5.41, 5.74) is 1.07. The average molecular weight is 265 g/mol. The van der Waals surface area contributed by atoms with Crippen LogP contribution in [0.3, 0.4) is 0 Å². The van der Waals surface area contributed by atoms with Gasteiger partial charge in [-0.1, -0.05) is 35.9 Å². The van der Waals surface area contributed by atoms with Crippen LogP contribution in [0, 0.1) is 6.92 Å². The SMILES string of the molecule is Cc1ccccc1C(C)n1c(=O)cc(Cl)[nH]c1=O. The molecule has 0 radical (unpaired) electrons. The number of hydrogen-bond acceptors (Lipinski definition) is 2. The Hall–Kier alpha value is -1.81. The predicted molar refractivity (Wildman–Crippen MR) is 71.3 cm³/mol. The molecule has 4 nitrogen and oxygen atoms in total. The zero-order valence-electron chi connectivity index (χ0n) is 10.1. The van der Waals surface area contributed by atoms with Crippen LogP contribution in [0.2, 0.25) is 5.15 Å². The topological polar surface area (TPSA) is 54.9 Å². The van der Waals surface area contributed by atoms with Crippen LogP contribution in [0.4, 0.5) is 0 Å². The highest BCUT2D eigenvalue weighted by molar-refractivity contribution is 6.29. The zero-order valence-corrected chi connectivity index (χ0v) is 10.9. The number of hydrogen-bond donors (Lipinski definition) is 1. The third kappa shape index (κ3) is 2.24. The Balaban J connectivity index is 2.61. The number of nitrogens with zero attached hydrogens (tertiary/aromatic N) is 1. The third-order valence-corrected chi connectivity index (χ3v) is 3.16. The Morgan fingerprint density at radius 1 is 1.28 bits per heavy atom. The molecule has 0 amide bonds. The van der Waals surface area contributed by atoms with Crippen LogP contribution in [0.25, 0.3) is 0 Å². The lowest BCUT2D eigenvalue weighted by atomic mass is 10.0. The summed E-state index contributed by atoms with van der Waals surface area (Å²) in [6.07, 6.45) is 0. The van der Waals surface area contributed by atoms with Gasteiger partial charge in [-0.05, 0) is 25.0 Å². The van der Waals surface area contributed by atoms with E-state index in [2.05, 4.69) is 4.98 Å². The van der Waals surface area contributed by atoms with Gasteiger partial charge in [0.2, 0.25) is 0 Å². The summed E-state index contributed by atoms with van der Waals surface area (Å²) in [5.74, 6) is 0. The summed E-state index contributed by atoms with van der Waals surface area (Å²) in [5, 5.41) is 0.0539. The van der Waals surface area contributed by atoms with Gasteiger partial charge in [-0.25, -0.2) is 4.79 Å². The number of halogens is 1. The number of aryl methyl sites for hydroxylation is 1. The smallest absolute Gasteiger partial charge is 0.298 e. The first-order chi connectivity index (χ1) is 8.50. The van der Waals surface area contributed by atoms with Crippen LogP contribution >= 0.6 is 11.6 Å². The third-order valence-electron chi connectivity index (χ3n) is 2.96. The Kier molecular flexibility index (Phi) is 3.39. The van der Waals surface area contributed by atoms with Gasteiger partial charge in [0.25, 0.3) is 5.56 Å². The first kappa shape index (κ1) is 12.6. The van der Waals surface area contributed by atoms with Crippen molar-refractivity contribution in [3.8, 4) is 0 Å². The van der Waals surface area contributed by atoms with E-state index in [9.17, 15) is 9.59 Å². The Labute approximate surface area is 109 Å². The molecule has 1 N–H and O–H groups in total. The maximum atomic E-state index is 11.8. The van der Waals surface area contributed by atoms with Crippen LogP contribution in [-0.2, 0) is 0 Å². The van der Waals surface area contributed by atoms with Crippen molar-refractivity contribution in [3.05, 3.63) is 67.4 Å². The van der Waals surface area contributed by atoms with Gasteiger partial charge in [0, 0.05) is 6.07 Å². The second kappa shape index (κ2) is 4.82. The van der Waals surface area contributed by atoms with Crippen molar-refractivity contribution >= 4 is 11.6 Å². The molecule has 0 aliphatic rings. The highest BCUT2D eigenvalue weighted by Crippen LogP contribution is 2.18. The first-order valence-corrected chi connectivity index (χ1v) is 5.95. The van der Waals surface area contributed by atoms with Crippen molar-refractivity contribution in [2.75, 3.05) is 0 Å². The van der Waals surface area contributed by atoms with E-state index in [1.54, 1.807) is 0 Å². The molecular formula is C13H13ClN2O2. The molecule has 0 aliphatic carbocycles. The highest BCUT2D eigenvalue weighted by atomic mass is 35.5. The Morgan fingerprint density at radius 2 is 1.94 bits per heavy atom. The fourth-order valence-corrected chi connectivity index (χ4v) is 2.21. The molecule has 18 heavy (non-hydrogen) atoms. The summed E-state index contributed by atoms with van der Waals surface area (Å²) < 4.78 is 1.16. The van der Waals surface area contributed by atoms with Gasteiger partial charge in [0.05, 0.1) is 6.04 Å². The lowest BCUT2D eigenvalue weighted by molar-refractivity contribution is 0.575. The Morgan fingerprint density at radius 3 is 2.56 bits per heavy atom. The monoisotopic (exact) mass is 264 g/mol. The molecule has 1 unspecified atom stereocenters. The number of aromatic amines is 1. The summed E-state index contributed by atoms with van der Waals surface area (Å²) in [4.78, 5) is 26.1. The van der Waals surface area contributed by atoms with Crippen molar-refractivity contribution in [2.45, 2.75) is 19.9 Å². The van der Waals surface area contributed by atoms with E-state index in [1.165, 1.54) is 6.07 Å². The zero-order chi connectivity index (χ0) is 13.3. The second-order valence-electron chi connectivity index (χ2n) is 4.16. The molecule has 0 aliphatic heterocycles. The fraction of sp³-hybridized carbons (Fsp3) is 0.231. The number of rotatable bonds is 2. The van der Waals surface area contributed by atoms with Crippen LogP contribution < -0.4 is 11.2 Å². The molecular weight excluding hydrogens is 252 g/mol. The number of aromatic nitrogens is 2. The van der Waals surface area contributed by atoms with Gasteiger partial charge in [-0.15, -0.1) is 0 Å². The van der Waals surface area contributed by atoms with Gasteiger partial charge >= 0.3 is 5.69 Å². The summed E-state index contributed by atoms with van der Waals surface area (Å²) in [6.45, 7) is 3.76. The fourth-order valence-electron chi connectivity index (χ4n) is 2.04. The van der Waals surface area contributed by atoms with Crippen molar-refractivity contribution in [1.29, 1.82) is 0 Å². The summed E-state index contributed by atoms with van der Waals surface area (Å²) in [6, 6.07) is 8.52. The quantitative estimate of drug-likeness (QED) is 0.845. The molecule has 1 heterocycles. The number of nitrogens with one attached hydrogen (secondary N) is 1. The van der Waals surface area contributed by atoms with E-state index in [4.69, 9.17) is 11.6 Å². The van der Waals surface area contributed by atoms with Crippen molar-refractivity contribution in [1.82, 2.24) is 9.55 Å². The first-order valence-electron chi connectivity index (χ1n) is 5.57. The van der Waals surface area contributed by atoms with Crippen LogP contribution in [-0.4, -0.2) is 9.55 Å². The molecule has 5 heteroatoms. The number of benzene rings is 1. The van der Waals surface area contributed by atoms with E-state index in [0.717, 1.165) is 15.7 Å². The molecule has 0 saturated heterocycles. The van der Waals surface area contributed by atoms with Gasteiger partial charge in [-0.2, -0.15) is 0 Å². The van der Waals surface area contributed by atoms with Crippen molar-refractivity contribution in [3.63, 3.8) is 0 Å². The minimum absolute atomic E-state index is 0.0539. The van der Waals surface area contributed by atoms with Crippen LogP contribution in [0.1, 0.15) is 24.1 Å². The van der Waals surface area contributed by atoms with Gasteiger partial charge in [0.15, 0.2) is 0 Å². The van der Waals surface area contributed by atoms with Gasteiger partial charge < -0.3 is 0 Å². The minimum atomic E-state index is -0.497. The molecule has 1 aromatic carbocycles. The van der Waals surface area contributed by atoms with E-state index < -0.39 is 11.2 Å². The molecule has 0 saturated carbocycles. The van der Waals surface area contributed by atoms with Gasteiger partial charge in [-0.3, -0.25) is 14.3 Å².